The SMILES string of the molecule is CCCC(O)(CCC)CC(=O)N(C)C1CCN(C)CC1C. The molecule has 0 spiro atoms. The van der Waals surface area contributed by atoms with Crippen LogP contribution in [0.1, 0.15) is 59.3 Å². The molecule has 0 radical (unpaired) electrons. The fourth-order valence-electron chi connectivity index (χ4n) is 3.74. The van der Waals surface area contributed by atoms with E-state index in [0.29, 0.717) is 24.8 Å². The number of aliphatic hydroxyl groups is 1. The average Bonchev–Trinajstić information content (AvgIpc) is 2.38. The Morgan fingerprint density at radius 1 is 1.33 bits per heavy atom. The van der Waals surface area contributed by atoms with E-state index in [9.17, 15) is 9.90 Å². The van der Waals surface area contributed by atoms with Crippen LogP contribution in [-0.4, -0.2) is 59.6 Å². The fraction of sp³-hybridized carbons (Fsp3) is 0.941. The number of hydrogen-bond donors (Lipinski definition) is 1. The Bertz CT molecular complexity index is 327. The maximum absolute atomic E-state index is 12.6. The lowest BCUT2D eigenvalue weighted by Gasteiger charge is -2.41. The van der Waals surface area contributed by atoms with Gasteiger partial charge >= 0.3 is 0 Å². The van der Waals surface area contributed by atoms with E-state index < -0.39 is 5.60 Å². The molecule has 0 aromatic heterocycles. The average molecular weight is 298 g/mol. The van der Waals surface area contributed by atoms with Gasteiger partial charge in [-0.25, -0.2) is 0 Å². The van der Waals surface area contributed by atoms with E-state index in [4.69, 9.17) is 0 Å². The largest absolute Gasteiger partial charge is 0.389 e. The Balaban J connectivity index is 2.64. The van der Waals surface area contributed by atoms with E-state index in [2.05, 4.69) is 32.7 Å². The zero-order valence-electron chi connectivity index (χ0n) is 14.6. The van der Waals surface area contributed by atoms with Gasteiger partial charge in [0.05, 0.1) is 12.0 Å². The normalized spacial score (nSPS) is 24.1. The third-order valence-electron chi connectivity index (χ3n) is 4.86. The Labute approximate surface area is 130 Å². The highest BCUT2D eigenvalue weighted by molar-refractivity contribution is 5.77. The van der Waals surface area contributed by atoms with Gasteiger partial charge in [0.2, 0.25) is 5.91 Å². The quantitative estimate of drug-likeness (QED) is 0.785. The van der Waals surface area contributed by atoms with Crippen molar-refractivity contribution >= 4 is 5.91 Å². The maximum atomic E-state index is 12.6. The van der Waals surface area contributed by atoms with E-state index in [0.717, 1.165) is 32.4 Å². The lowest BCUT2D eigenvalue weighted by atomic mass is 9.87. The molecule has 0 aliphatic carbocycles. The van der Waals surface area contributed by atoms with E-state index in [1.807, 2.05) is 11.9 Å². The van der Waals surface area contributed by atoms with Crippen molar-refractivity contribution in [2.75, 3.05) is 27.2 Å². The molecule has 2 atom stereocenters. The van der Waals surface area contributed by atoms with Gasteiger partial charge in [-0.05, 0) is 38.8 Å². The van der Waals surface area contributed by atoms with Crippen molar-refractivity contribution in [1.82, 2.24) is 9.80 Å². The summed E-state index contributed by atoms with van der Waals surface area (Å²) in [4.78, 5) is 16.8. The molecule has 0 bridgehead atoms. The first-order valence-electron chi connectivity index (χ1n) is 8.49. The Morgan fingerprint density at radius 2 is 1.90 bits per heavy atom. The van der Waals surface area contributed by atoms with Crippen molar-refractivity contribution < 1.29 is 9.90 Å². The predicted molar refractivity (Wildman–Crippen MR) is 87.2 cm³/mol. The molecule has 1 rings (SSSR count). The van der Waals surface area contributed by atoms with Crippen molar-refractivity contribution in [2.24, 2.45) is 5.92 Å². The number of hydrogen-bond acceptors (Lipinski definition) is 3. The van der Waals surface area contributed by atoms with Crippen LogP contribution in [0.2, 0.25) is 0 Å². The van der Waals surface area contributed by atoms with Crippen molar-refractivity contribution in [3.63, 3.8) is 0 Å². The van der Waals surface area contributed by atoms with E-state index in [1.165, 1.54) is 0 Å². The summed E-state index contributed by atoms with van der Waals surface area (Å²) >= 11 is 0. The van der Waals surface area contributed by atoms with Crippen LogP contribution in [0.4, 0.5) is 0 Å². The number of nitrogens with zero attached hydrogens (tertiary/aromatic N) is 2. The summed E-state index contributed by atoms with van der Waals surface area (Å²) in [5, 5.41) is 10.7. The van der Waals surface area contributed by atoms with Crippen LogP contribution in [-0.2, 0) is 4.79 Å². The first-order chi connectivity index (χ1) is 9.83. The first-order valence-corrected chi connectivity index (χ1v) is 8.49. The lowest BCUT2D eigenvalue weighted by molar-refractivity contribution is -0.139. The van der Waals surface area contributed by atoms with Gasteiger partial charge in [-0.1, -0.05) is 33.6 Å². The number of rotatable bonds is 7. The molecule has 0 aromatic rings. The predicted octanol–water partition coefficient (Wildman–Crippen LogP) is 2.51. The standard InChI is InChI=1S/C17H34N2O2/c1-6-9-17(21,10-7-2)12-16(20)19(5)15-8-11-18(4)13-14(15)3/h14-15,21H,6-13H2,1-5H3. The van der Waals surface area contributed by atoms with Crippen molar-refractivity contribution in [3.8, 4) is 0 Å². The summed E-state index contributed by atoms with van der Waals surface area (Å²) in [6.45, 7) is 8.42. The number of likely N-dealkylation sites (tertiary alicyclic amines) is 1. The van der Waals surface area contributed by atoms with Crippen molar-refractivity contribution in [3.05, 3.63) is 0 Å². The molecule has 1 amide bonds. The maximum Gasteiger partial charge on any atom is 0.225 e. The molecule has 1 fully saturated rings. The van der Waals surface area contributed by atoms with Crippen LogP contribution in [0.5, 0.6) is 0 Å². The summed E-state index contributed by atoms with van der Waals surface area (Å²) in [6.07, 6.45) is 4.55. The van der Waals surface area contributed by atoms with Crippen LogP contribution in [0.25, 0.3) is 0 Å². The van der Waals surface area contributed by atoms with Gasteiger partial charge in [-0.3, -0.25) is 4.79 Å². The zero-order valence-corrected chi connectivity index (χ0v) is 14.6. The topological polar surface area (TPSA) is 43.8 Å². The molecule has 4 heteroatoms. The third kappa shape index (κ3) is 5.26. The van der Waals surface area contributed by atoms with E-state index in [1.54, 1.807) is 0 Å². The third-order valence-corrected chi connectivity index (χ3v) is 4.86. The second kappa shape index (κ2) is 8.14. The fourth-order valence-corrected chi connectivity index (χ4v) is 3.74. The van der Waals surface area contributed by atoms with Gasteiger partial charge in [0.15, 0.2) is 0 Å². The summed E-state index contributed by atoms with van der Waals surface area (Å²) in [6, 6.07) is 0.307. The smallest absolute Gasteiger partial charge is 0.225 e. The van der Waals surface area contributed by atoms with E-state index in [-0.39, 0.29) is 12.3 Å². The Morgan fingerprint density at radius 3 is 2.38 bits per heavy atom. The highest BCUT2D eigenvalue weighted by Crippen LogP contribution is 2.27. The minimum Gasteiger partial charge on any atom is -0.389 e. The van der Waals surface area contributed by atoms with Gasteiger partial charge < -0.3 is 14.9 Å². The second-order valence-electron chi connectivity index (χ2n) is 7.00. The number of carbonyl (C=O) groups is 1. The molecule has 1 aliphatic rings. The molecule has 0 aromatic carbocycles. The minimum atomic E-state index is -0.816. The minimum absolute atomic E-state index is 0.0980. The molecule has 124 valence electrons. The van der Waals surface area contributed by atoms with Gasteiger partial charge in [0.1, 0.15) is 0 Å². The Hall–Kier alpha value is -0.610. The molecule has 2 unspecified atom stereocenters. The van der Waals surface area contributed by atoms with Crippen LogP contribution >= 0.6 is 0 Å². The number of amides is 1. The van der Waals surface area contributed by atoms with Crippen molar-refractivity contribution in [2.45, 2.75) is 70.9 Å². The zero-order chi connectivity index (χ0) is 16.0. The van der Waals surface area contributed by atoms with Crippen LogP contribution in [0, 0.1) is 5.92 Å². The molecular weight excluding hydrogens is 264 g/mol. The molecule has 1 heterocycles. The second-order valence-corrected chi connectivity index (χ2v) is 7.00. The first kappa shape index (κ1) is 18.4. The number of carbonyl (C=O) groups excluding carboxylic acids is 1. The number of piperidine rings is 1. The van der Waals surface area contributed by atoms with Crippen LogP contribution in [0.3, 0.4) is 0 Å². The molecule has 21 heavy (non-hydrogen) atoms. The van der Waals surface area contributed by atoms with E-state index >= 15 is 0 Å². The monoisotopic (exact) mass is 298 g/mol. The molecule has 1 aliphatic heterocycles. The van der Waals surface area contributed by atoms with Gasteiger partial charge in [-0.15, -0.1) is 0 Å². The lowest BCUT2D eigenvalue weighted by Crippen LogP contribution is -2.51. The van der Waals surface area contributed by atoms with Crippen molar-refractivity contribution in [1.29, 1.82) is 0 Å². The van der Waals surface area contributed by atoms with Gasteiger partial charge in [-0.2, -0.15) is 0 Å². The summed E-state index contributed by atoms with van der Waals surface area (Å²) in [7, 11) is 4.04. The Kier molecular flexibility index (Phi) is 7.14. The molecular formula is C17H34N2O2. The molecule has 1 N–H and O–H groups in total. The van der Waals surface area contributed by atoms with Gasteiger partial charge in [0.25, 0.3) is 0 Å². The van der Waals surface area contributed by atoms with Crippen LogP contribution < -0.4 is 0 Å². The molecule has 4 nitrogen and oxygen atoms in total. The summed E-state index contributed by atoms with van der Waals surface area (Å²) in [5.74, 6) is 0.587. The highest BCUT2D eigenvalue weighted by Gasteiger charge is 2.34. The highest BCUT2D eigenvalue weighted by atomic mass is 16.3. The van der Waals surface area contributed by atoms with Gasteiger partial charge in [0, 0.05) is 19.6 Å². The molecule has 1 saturated heterocycles. The van der Waals surface area contributed by atoms with Crippen LogP contribution in [0.15, 0.2) is 0 Å². The summed E-state index contributed by atoms with van der Waals surface area (Å²) < 4.78 is 0. The molecule has 0 saturated carbocycles. The summed E-state index contributed by atoms with van der Waals surface area (Å²) in [5.41, 5.74) is -0.816.